The van der Waals surface area contributed by atoms with E-state index in [-0.39, 0.29) is 0 Å². The predicted molar refractivity (Wildman–Crippen MR) is 66.4 cm³/mol. The molecule has 2 heterocycles. The third kappa shape index (κ3) is 1.13. The summed E-state index contributed by atoms with van der Waals surface area (Å²) >= 11 is 0. The SMILES string of the molecule is CCC12C(=O)NC(=O)NC1C1(CC)C(=O)NC(=O)NC21. The number of hydrogen-bond acceptors (Lipinski definition) is 4. The lowest BCUT2D eigenvalue weighted by molar-refractivity contribution is -0.182. The smallest absolute Gasteiger partial charge is 0.321 e. The Morgan fingerprint density at radius 2 is 1.15 bits per heavy atom. The molecule has 6 amide bonds. The summed E-state index contributed by atoms with van der Waals surface area (Å²) in [6.07, 6.45) is 0.841. The first-order valence-electron chi connectivity index (χ1n) is 6.67. The van der Waals surface area contributed by atoms with Gasteiger partial charge >= 0.3 is 12.1 Å². The summed E-state index contributed by atoms with van der Waals surface area (Å²) in [6, 6.07) is -2.39. The van der Waals surface area contributed by atoms with Crippen LogP contribution in [0.25, 0.3) is 0 Å². The molecule has 20 heavy (non-hydrogen) atoms. The minimum absolute atomic E-state index is 0.420. The molecule has 3 aliphatic rings. The number of amides is 6. The first kappa shape index (κ1) is 12.9. The highest BCUT2D eigenvalue weighted by molar-refractivity contribution is 6.09. The van der Waals surface area contributed by atoms with Crippen molar-refractivity contribution in [2.45, 2.75) is 38.8 Å². The third-order valence-electron chi connectivity index (χ3n) is 5.08. The summed E-state index contributed by atoms with van der Waals surface area (Å²) < 4.78 is 0. The van der Waals surface area contributed by atoms with E-state index in [0.717, 1.165) is 0 Å². The Kier molecular flexibility index (Phi) is 2.39. The lowest BCUT2D eigenvalue weighted by atomic mass is 9.41. The van der Waals surface area contributed by atoms with Gasteiger partial charge in [-0.1, -0.05) is 13.8 Å². The zero-order valence-electron chi connectivity index (χ0n) is 11.2. The predicted octanol–water partition coefficient (Wildman–Crippen LogP) is -0.791. The van der Waals surface area contributed by atoms with Gasteiger partial charge < -0.3 is 10.6 Å². The van der Waals surface area contributed by atoms with Gasteiger partial charge in [-0.3, -0.25) is 20.2 Å². The van der Waals surface area contributed by atoms with Crippen molar-refractivity contribution in [1.82, 2.24) is 21.3 Å². The number of fused-ring (bicyclic) bond motifs is 4. The van der Waals surface area contributed by atoms with Gasteiger partial charge in [-0.05, 0) is 12.8 Å². The molecule has 4 N–H and O–H groups in total. The first-order chi connectivity index (χ1) is 9.43. The van der Waals surface area contributed by atoms with Crippen LogP contribution in [0.1, 0.15) is 26.7 Å². The molecule has 1 aliphatic carbocycles. The molecule has 0 aromatic heterocycles. The second kappa shape index (κ2) is 3.71. The maximum absolute atomic E-state index is 12.3. The molecular formula is C12H16N4O4. The van der Waals surface area contributed by atoms with Crippen LogP contribution in [0.4, 0.5) is 9.59 Å². The van der Waals surface area contributed by atoms with Crippen molar-refractivity contribution in [3.05, 3.63) is 0 Å². The maximum Gasteiger partial charge on any atom is 0.321 e. The highest BCUT2D eigenvalue weighted by Gasteiger charge is 2.79. The molecule has 0 bridgehead atoms. The van der Waals surface area contributed by atoms with Gasteiger partial charge in [-0.2, -0.15) is 0 Å². The van der Waals surface area contributed by atoms with E-state index in [0.29, 0.717) is 12.8 Å². The van der Waals surface area contributed by atoms with Crippen LogP contribution in [0.5, 0.6) is 0 Å². The van der Waals surface area contributed by atoms with Crippen molar-refractivity contribution in [2.24, 2.45) is 10.8 Å². The number of urea groups is 2. The Hall–Kier alpha value is -2.12. The Morgan fingerprint density at radius 3 is 1.45 bits per heavy atom. The highest BCUT2D eigenvalue weighted by Crippen LogP contribution is 2.60. The van der Waals surface area contributed by atoms with E-state index < -0.39 is 46.8 Å². The number of hydrogen-bond donors (Lipinski definition) is 4. The summed E-state index contributed by atoms with van der Waals surface area (Å²) in [5, 5.41) is 9.85. The molecule has 8 nitrogen and oxygen atoms in total. The van der Waals surface area contributed by atoms with Crippen LogP contribution in [0.15, 0.2) is 0 Å². The largest absolute Gasteiger partial charge is 0.333 e. The van der Waals surface area contributed by atoms with Crippen molar-refractivity contribution >= 4 is 23.9 Å². The minimum Gasteiger partial charge on any atom is -0.333 e. The van der Waals surface area contributed by atoms with Crippen molar-refractivity contribution in [3.8, 4) is 0 Å². The molecule has 1 saturated carbocycles. The summed E-state index contributed by atoms with van der Waals surface area (Å²) in [6.45, 7) is 3.62. The van der Waals surface area contributed by atoms with Crippen molar-refractivity contribution in [1.29, 1.82) is 0 Å². The Balaban J connectivity index is 2.12. The van der Waals surface area contributed by atoms with Crippen LogP contribution in [-0.2, 0) is 9.59 Å². The number of imide groups is 2. The average molecular weight is 280 g/mol. The van der Waals surface area contributed by atoms with E-state index in [4.69, 9.17) is 0 Å². The lowest BCUT2D eigenvalue weighted by Gasteiger charge is -2.68. The van der Waals surface area contributed by atoms with Gasteiger partial charge in [0, 0.05) is 0 Å². The van der Waals surface area contributed by atoms with E-state index >= 15 is 0 Å². The zero-order valence-corrected chi connectivity index (χ0v) is 11.2. The second-order valence-corrected chi connectivity index (χ2v) is 5.51. The van der Waals surface area contributed by atoms with Crippen LogP contribution in [0.3, 0.4) is 0 Å². The molecule has 0 radical (unpaired) electrons. The maximum atomic E-state index is 12.3. The zero-order chi connectivity index (χ0) is 14.7. The van der Waals surface area contributed by atoms with E-state index in [2.05, 4.69) is 21.3 Å². The average Bonchev–Trinajstić information content (AvgIpc) is 2.37. The van der Waals surface area contributed by atoms with Crippen LogP contribution < -0.4 is 21.3 Å². The molecule has 0 aromatic rings. The Bertz CT molecular complexity index is 488. The monoisotopic (exact) mass is 280 g/mol. The van der Waals surface area contributed by atoms with Crippen LogP contribution >= 0.6 is 0 Å². The topological polar surface area (TPSA) is 116 Å². The molecular weight excluding hydrogens is 264 g/mol. The van der Waals surface area contributed by atoms with E-state index in [1.165, 1.54) is 0 Å². The highest BCUT2D eigenvalue weighted by atomic mass is 16.2. The Labute approximate surface area is 115 Å². The van der Waals surface area contributed by atoms with Gasteiger partial charge in [0.1, 0.15) is 0 Å². The van der Waals surface area contributed by atoms with E-state index in [1.807, 2.05) is 13.8 Å². The number of carbonyl (C=O) groups is 4. The van der Waals surface area contributed by atoms with Crippen LogP contribution in [0.2, 0.25) is 0 Å². The Morgan fingerprint density at radius 1 is 0.800 bits per heavy atom. The molecule has 0 atom stereocenters. The normalized spacial score (nSPS) is 42.3. The molecule has 0 unspecified atom stereocenters. The third-order valence-corrected chi connectivity index (χ3v) is 5.08. The fraction of sp³-hybridized carbons (Fsp3) is 0.667. The summed E-state index contributed by atoms with van der Waals surface area (Å²) in [5.74, 6) is -0.865. The van der Waals surface area contributed by atoms with Gasteiger partial charge in [0.15, 0.2) is 0 Å². The summed E-state index contributed by atoms with van der Waals surface area (Å²) in [5.41, 5.74) is -1.92. The standard InChI is InChI=1S/C12H16N4O4/c1-3-11-5(13-9(19)15-7(11)17)12(4-2)6(11)14-10(20)16-8(12)18/h5-6H,3-4H2,1-2H3,(H2,13,15,17,19)(H2,14,16,18,20). The summed E-state index contributed by atoms with van der Waals surface area (Å²) in [7, 11) is 0. The molecule has 2 aliphatic heterocycles. The van der Waals surface area contributed by atoms with Crippen molar-refractivity contribution in [2.75, 3.05) is 0 Å². The number of nitrogens with one attached hydrogen (secondary N) is 4. The van der Waals surface area contributed by atoms with Crippen LogP contribution in [0, 0.1) is 10.8 Å². The fourth-order valence-electron chi connectivity index (χ4n) is 4.11. The van der Waals surface area contributed by atoms with Crippen molar-refractivity contribution in [3.63, 3.8) is 0 Å². The molecule has 3 fully saturated rings. The van der Waals surface area contributed by atoms with Gasteiger partial charge in [0.05, 0.1) is 22.9 Å². The molecule has 0 spiro atoms. The van der Waals surface area contributed by atoms with E-state index in [1.54, 1.807) is 0 Å². The number of carbonyl (C=O) groups excluding carboxylic acids is 4. The van der Waals surface area contributed by atoms with E-state index in [9.17, 15) is 19.2 Å². The van der Waals surface area contributed by atoms with Gasteiger partial charge in [-0.15, -0.1) is 0 Å². The van der Waals surface area contributed by atoms with Gasteiger partial charge in [0.25, 0.3) is 0 Å². The first-order valence-corrected chi connectivity index (χ1v) is 6.67. The fourth-order valence-corrected chi connectivity index (χ4v) is 4.11. The molecule has 3 rings (SSSR count). The minimum atomic E-state index is -0.961. The molecule has 8 heteroatoms. The number of rotatable bonds is 2. The van der Waals surface area contributed by atoms with Crippen molar-refractivity contribution < 1.29 is 19.2 Å². The summed E-state index contributed by atoms with van der Waals surface area (Å²) in [4.78, 5) is 47.7. The molecule has 2 saturated heterocycles. The second-order valence-electron chi connectivity index (χ2n) is 5.51. The molecule has 108 valence electrons. The molecule has 0 aromatic carbocycles. The lowest BCUT2D eigenvalue weighted by Crippen LogP contribution is -2.92. The van der Waals surface area contributed by atoms with Gasteiger partial charge in [0.2, 0.25) is 11.8 Å². The van der Waals surface area contributed by atoms with Gasteiger partial charge in [-0.25, -0.2) is 9.59 Å². The van der Waals surface area contributed by atoms with Crippen LogP contribution in [-0.4, -0.2) is 36.0 Å². The quantitative estimate of drug-likeness (QED) is 0.530.